The van der Waals surface area contributed by atoms with E-state index in [4.69, 9.17) is 5.73 Å². The summed E-state index contributed by atoms with van der Waals surface area (Å²) in [5.41, 5.74) is 6.19. The highest BCUT2D eigenvalue weighted by Gasteiger charge is 1.94. The number of hydrogen-bond donors (Lipinski definition) is 1. The second kappa shape index (κ2) is 2.83. The quantitative estimate of drug-likeness (QED) is 0.588. The Balaban J connectivity index is 3.17. The van der Waals surface area contributed by atoms with E-state index in [1.807, 2.05) is 6.07 Å². The van der Waals surface area contributed by atoms with Gasteiger partial charge in [0.1, 0.15) is 4.60 Å². The van der Waals surface area contributed by atoms with E-state index in [9.17, 15) is 0 Å². The minimum atomic E-state index is 0.682. The highest BCUT2D eigenvalue weighted by atomic mass is 127. The molecule has 48 valence electrons. The highest BCUT2D eigenvalue weighted by molar-refractivity contribution is 14.1. The van der Waals surface area contributed by atoms with Gasteiger partial charge in [0, 0.05) is 9.77 Å². The van der Waals surface area contributed by atoms with E-state index in [1.54, 1.807) is 6.20 Å². The first-order chi connectivity index (χ1) is 4.20. The molecule has 0 fully saturated rings. The molecule has 1 heterocycles. The van der Waals surface area contributed by atoms with Crippen LogP contribution in [-0.4, -0.2) is 4.98 Å². The van der Waals surface area contributed by atoms with Crippen molar-refractivity contribution in [2.45, 2.75) is 0 Å². The maximum atomic E-state index is 5.51. The minimum Gasteiger partial charge on any atom is -0.397 e. The summed E-state index contributed by atoms with van der Waals surface area (Å²) in [6.07, 6.45) is 1.75. The fourth-order valence-electron chi connectivity index (χ4n) is 0.438. The smallest absolute Gasteiger partial charge is 0.129 e. The summed E-state index contributed by atoms with van der Waals surface area (Å²) in [7, 11) is 0. The monoisotopic (exact) mass is 298 g/mol. The predicted octanol–water partition coefficient (Wildman–Crippen LogP) is 2.03. The SMILES string of the molecule is Nc1cc(I)cnc1Br. The lowest BCUT2D eigenvalue weighted by Crippen LogP contribution is -1.89. The van der Waals surface area contributed by atoms with Crippen LogP contribution >= 0.6 is 38.5 Å². The summed E-state index contributed by atoms with van der Waals surface area (Å²) in [5, 5.41) is 0. The van der Waals surface area contributed by atoms with Crippen molar-refractivity contribution in [3.63, 3.8) is 0 Å². The number of halogens is 2. The van der Waals surface area contributed by atoms with Crippen LogP contribution in [0.1, 0.15) is 0 Å². The number of nitrogen functional groups attached to an aromatic ring is 1. The third kappa shape index (κ3) is 1.79. The van der Waals surface area contributed by atoms with E-state index in [0.717, 1.165) is 3.57 Å². The maximum Gasteiger partial charge on any atom is 0.129 e. The van der Waals surface area contributed by atoms with Crippen LogP contribution in [0.3, 0.4) is 0 Å². The number of aromatic nitrogens is 1. The third-order valence-corrected chi connectivity index (χ3v) is 2.09. The van der Waals surface area contributed by atoms with Crippen LogP contribution in [0.15, 0.2) is 16.9 Å². The number of anilines is 1. The molecule has 0 aliphatic carbocycles. The van der Waals surface area contributed by atoms with Crippen LogP contribution in [0.25, 0.3) is 0 Å². The van der Waals surface area contributed by atoms with Crippen molar-refractivity contribution < 1.29 is 0 Å². The fraction of sp³-hybridized carbons (Fsp3) is 0. The van der Waals surface area contributed by atoms with Crippen molar-refractivity contribution in [1.82, 2.24) is 4.98 Å². The van der Waals surface area contributed by atoms with Crippen LogP contribution in [0, 0.1) is 3.57 Å². The van der Waals surface area contributed by atoms with Crippen molar-refractivity contribution in [2.75, 3.05) is 5.73 Å². The van der Waals surface area contributed by atoms with E-state index in [1.165, 1.54) is 0 Å². The van der Waals surface area contributed by atoms with Gasteiger partial charge < -0.3 is 5.73 Å². The average molecular weight is 299 g/mol. The molecule has 0 radical (unpaired) electrons. The molecule has 0 amide bonds. The molecule has 0 atom stereocenters. The fourth-order valence-corrected chi connectivity index (χ4v) is 1.13. The second-order valence-electron chi connectivity index (χ2n) is 1.53. The Kier molecular flexibility index (Phi) is 2.29. The Hall–Kier alpha value is 0.160. The van der Waals surface area contributed by atoms with Gasteiger partial charge in [-0.1, -0.05) is 0 Å². The first kappa shape index (κ1) is 7.27. The van der Waals surface area contributed by atoms with E-state index < -0.39 is 0 Å². The summed E-state index contributed by atoms with van der Waals surface area (Å²) in [6, 6.07) is 1.86. The van der Waals surface area contributed by atoms with E-state index in [-0.39, 0.29) is 0 Å². The van der Waals surface area contributed by atoms with Gasteiger partial charge in [0.25, 0.3) is 0 Å². The second-order valence-corrected chi connectivity index (χ2v) is 3.53. The van der Waals surface area contributed by atoms with Crippen molar-refractivity contribution in [1.29, 1.82) is 0 Å². The van der Waals surface area contributed by atoms with Gasteiger partial charge in [-0.2, -0.15) is 0 Å². The molecule has 1 aromatic heterocycles. The molecular formula is C5H4BrIN2. The summed E-state index contributed by atoms with van der Waals surface area (Å²) in [6.45, 7) is 0. The predicted molar refractivity (Wildman–Crippen MR) is 49.1 cm³/mol. The Morgan fingerprint density at radius 3 is 2.78 bits per heavy atom. The minimum absolute atomic E-state index is 0.682. The van der Waals surface area contributed by atoms with Crippen LogP contribution < -0.4 is 5.73 Å². The molecule has 0 saturated heterocycles. The highest BCUT2D eigenvalue weighted by Crippen LogP contribution is 2.17. The Labute approximate surface area is 75.1 Å². The number of nitrogens with two attached hydrogens (primary N) is 1. The van der Waals surface area contributed by atoms with Crippen LogP contribution in [0.5, 0.6) is 0 Å². The zero-order valence-corrected chi connectivity index (χ0v) is 8.18. The van der Waals surface area contributed by atoms with Crippen LogP contribution in [0.2, 0.25) is 0 Å². The lowest BCUT2D eigenvalue weighted by Gasteiger charge is -1.94. The summed E-state index contributed by atoms with van der Waals surface area (Å²) >= 11 is 5.35. The largest absolute Gasteiger partial charge is 0.397 e. The number of rotatable bonds is 0. The standard InChI is InChI=1S/C5H4BrIN2/c6-5-4(8)1-3(7)2-9-5/h1-2H,8H2. The Morgan fingerprint density at radius 2 is 2.33 bits per heavy atom. The van der Waals surface area contributed by atoms with E-state index >= 15 is 0 Å². The molecule has 0 aliphatic rings. The summed E-state index contributed by atoms with van der Waals surface area (Å²) in [4.78, 5) is 3.96. The zero-order chi connectivity index (χ0) is 6.85. The summed E-state index contributed by atoms with van der Waals surface area (Å²) < 4.78 is 1.76. The molecule has 0 saturated carbocycles. The number of pyridine rings is 1. The van der Waals surface area contributed by atoms with Gasteiger partial charge in [0.15, 0.2) is 0 Å². The summed E-state index contributed by atoms with van der Waals surface area (Å²) in [5.74, 6) is 0. The number of hydrogen-bond acceptors (Lipinski definition) is 2. The third-order valence-electron chi connectivity index (χ3n) is 0.833. The average Bonchev–Trinajstić information content (AvgIpc) is 1.80. The Morgan fingerprint density at radius 1 is 1.67 bits per heavy atom. The first-order valence-electron chi connectivity index (χ1n) is 2.26. The van der Waals surface area contributed by atoms with Crippen molar-refractivity contribution >= 4 is 44.2 Å². The van der Waals surface area contributed by atoms with E-state index in [0.29, 0.717) is 10.3 Å². The van der Waals surface area contributed by atoms with Crippen LogP contribution in [-0.2, 0) is 0 Å². The van der Waals surface area contributed by atoms with Gasteiger partial charge in [-0.15, -0.1) is 0 Å². The van der Waals surface area contributed by atoms with Crippen LogP contribution in [0.4, 0.5) is 5.69 Å². The molecule has 0 aromatic carbocycles. The van der Waals surface area contributed by atoms with Crippen molar-refractivity contribution in [2.24, 2.45) is 0 Å². The first-order valence-corrected chi connectivity index (χ1v) is 4.14. The molecule has 0 spiro atoms. The van der Waals surface area contributed by atoms with Gasteiger partial charge >= 0.3 is 0 Å². The van der Waals surface area contributed by atoms with Gasteiger partial charge in [-0.25, -0.2) is 4.98 Å². The molecule has 4 heteroatoms. The lowest BCUT2D eigenvalue weighted by atomic mass is 10.4. The maximum absolute atomic E-state index is 5.51. The molecule has 0 bridgehead atoms. The van der Waals surface area contributed by atoms with Crippen molar-refractivity contribution in [3.8, 4) is 0 Å². The molecule has 0 unspecified atom stereocenters. The molecule has 9 heavy (non-hydrogen) atoms. The molecule has 1 aromatic rings. The Bertz CT molecular complexity index is 226. The lowest BCUT2D eigenvalue weighted by molar-refractivity contribution is 1.26. The van der Waals surface area contributed by atoms with E-state index in [2.05, 4.69) is 43.5 Å². The molecule has 0 aliphatic heterocycles. The topological polar surface area (TPSA) is 38.9 Å². The molecule has 1 rings (SSSR count). The van der Waals surface area contributed by atoms with Gasteiger partial charge in [0.05, 0.1) is 5.69 Å². The van der Waals surface area contributed by atoms with Gasteiger partial charge in [-0.05, 0) is 44.6 Å². The molecule has 2 nitrogen and oxygen atoms in total. The zero-order valence-electron chi connectivity index (χ0n) is 4.44. The number of nitrogens with zero attached hydrogens (tertiary/aromatic N) is 1. The normalized spacial score (nSPS) is 9.56. The van der Waals surface area contributed by atoms with Gasteiger partial charge in [0.2, 0.25) is 0 Å². The van der Waals surface area contributed by atoms with Crippen molar-refractivity contribution in [3.05, 3.63) is 20.4 Å². The molecular weight excluding hydrogens is 295 g/mol. The van der Waals surface area contributed by atoms with Gasteiger partial charge in [-0.3, -0.25) is 0 Å². The molecule has 2 N–H and O–H groups in total.